The Morgan fingerprint density at radius 2 is 1.79 bits per heavy atom. The zero-order valence-corrected chi connectivity index (χ0v) is 25.8. The molecule has 0 radical (unpaired) electrons. The van der Waals surface area contributed by atoms with Crippen molar-refractivity contribution in [1.82, 2.24) is 25.0 Å². The van der Waals surface area contributed by atoms with Crippen LogP contribution >= 0.6 is 0 Å². The fourth-order valence-electron chi connectivity index (χ4n) is 3.75. The zero-order chi connectivity index (χ0) is 29.3. The molecule has 2 aromatic rings. The Hall–Kier alpha value is -2.99. The highest BCUT2D eigenvalue weighted by molar-refractivity contribution is 6.74. The molecule has 2 aromatic heterocycles. The van der Waals surface area contributed by atoms with Gasteiger partial charge in [0, 0.05) is 12.6 Å². The van der Waals surface area contributed by atoms with E-state index in [-0.39, 0.29) is 35.9 Å². The molecule has 0 unspecified atom stereocenters. The second kappa shape index (κ2) is 11.2. The summed E-state index contributed by atoms with van der Waals surface area (Å²) in [4.78, 5) is 30.8. The summed E-state index contributed by atoms with van der Waals surface area (Å²) in [5.41, 5.74) is 0.933. The molecule has 1 aliphatic heterocycles. The number of amides is 2. The van der Waals surface area contributed by atoms with Crippen LogP contribution in [-0.4, -0.2) is 77.9 Å². The van der Waals surface area contributed by atoms with Crippen molar-refractivity contribution in [2.24, 2.45) is 0 Å². The molecular weight excluding hydrogens is 521 g/mol. The van der Waals surface area contributed by atoms with Gasteiger partial charge < -0.3 is 24.1 Å². The molecule has 1 N–H and O–H groups in total. The molecule has 0 atom stereocenters. The Bertz CT molecular complexity index is 1210. The van der Waals surface area contributed by atoms with Crippen LogP contribution in [0.15, 0.2) is 12.3 Å². The van der Waals surface area contributed by atoms with E-state index in [4.69, 9.17) is 13.9 Å². The molecule has 0 spiro atoms. The van der Waals surface area contributed by atoms with Crippen LogP contribution in [0.2, 0.25) is 18.1 Å². The predicted molar refractivity (Wildman–Crippen MR) is 148 cm³/mol. The minimum absolute atomic E-state index is 0.00447. The van der Waals surface area contributed by atoms with Gasteiger partial charge >= 0.3 is 6.09 Å². The number of hydrogen-bond donors (Lipinski definition) is 1. The van der Waals surface area contributed by atoms with E-state index in [9.17, 15) is 14.0 Å². The lowest BCUT2D eigenvalue weighted by molar-refractivity contribution is -0.0229. The maximum absolute atomic E-state index is 14.5. The summed E-state index contributed by atoms with van der Waals surface area (Å²) in [7, 11) is -1.90. The van der Waals surface area contributed by atoms with Crippen LogP contribution in [0.4, 0.5) is 9.18 Å². The van der Waals surface area contributed by atoms with Crippen molar-refractivity contribution >= 4 is 20.3 Å². The van der Waals surface area contributed by atoms with Crippen molar-refractivity contribution in [2.45, 2.75) is 85.2 Å². The Morgan fingerprint density at radius 1 is 1.15 bits per heavy atom. The molecule has 1 fully saturated rings. The first-order valence-corrected chi connectivity index (χ1v) is 16.1. The monoisotopic (exact) mass is 563 g/mol. The molecule has 39 heavy (non-hydrogen) atoms. The number of nitrogens with zero attached hydrogens (tertiary/aromatic N) is 4. The van der Waals surface area contributed by atoms with Crippen LogP contribution in [-0.2, 0) is 9.16 Å². The van der Waals surface area contributed by atoms with Crippen LogP contribution in [0.3, 0.4) is 0 Å². The SMILES string of the molecule is Cc1nn(-c2cc(OC3CN(C(=O)OC(C)(C)C)C3)c(F)cn2)c(C)c1C(=O)NCCO[Si](C)(C)C(C)(C)C. The average molecular weight is 564 g/mol. The first-order chi connectivity index (χ1) is 17.9. The number of rotatable bonds is 8. The van der Waals surface area contributed by atoms with Crippen molar-refractivity contribution in [1.29, 1.82) is 0 Å². The molecule has 0 aromatic carbocycles. The summed E-state index contributed by atoms with van der Waals surface area (Å²) >= 11 is 0. The van der Waals surface area contributed by atoms with Crippen LogP contribution in [0, 0.1) is 19.7 Å². The van der Waals surface area contributed by atoms with Crippen LogP contribution in [0.25, 0.3) is 5.82 Å². The van der Waals surface area contributed by atoms with Gasteiger partial charge in [-0.05, 0) is 52.8 Å². The molecule has 1 aliphatic rings. The third kappa shape index (κ3) is 7.36. The van der Waals surface area contributed by atoms with E-state index < -0.39 is 25.8 Å². The van der Waals surface area contributed by atoms with Gasteiger partial charge in [0.2, 0.25) is 0 Å². The van der Waals surface area contributed by atoms with Crippen LogP contribution in [0.1, 0.15) is 63.3 Å². The molecule has 0 saturated carbocycles. The smallest absolute Gasteiger partial charge is 0.410 e. The highest BCUT2D eigenvalue weighted by Gasteiger charge is 2.37. The number of ether oxygens (including phenoxy) is 2. The van der Waals surface area contributed by atoms with E-state index in [2.05, 4.69) is 49.3 Å². The standard InChI is InChI=1S/C27H42FN5O5Si/c1-17-23(24(34)29-11-12-36-39(9,10)27(6,7)8)18(2)33(31-17)22-13-21(20(28)14-30-22)37-19-15-32(16-19)25(35)38-26(3,4)5/h13-14,19H,11-12,15-16H2,1-10H3,(H,29,34). The van der Waals surface area contributed by atoms with E-state index in [1.165, 1.54) is 15.6 Å². The van der Waals surface area contributed by atoms with Crippen molar-refractivity contribution in [3.63, 3.8) is 0 Å². The van der Waals surface area contributed by atoms with Gasteiger partial charge in [0.25, 0.3) is 5.91 Å². The largest absolute Gasteiger partial charge is 0.483 e. The fraction of sp³-hybridized carbons (Fsp3) is 0.630. The minimum atomic E-state index is -1.90. The minimum Gasteiger partial charge on any atom is -0.483 e. The molecule has 3 heterocycles. The summed E-state index contributed by atoms with van der Waals surface area (Å²) in [6.45, 7) is 21.1. The molecular formula is C27H42FN5O5Si. The van der Waals surface area contributed by atoms with E-state index in [1.54, 1.807) is 34.6 Å². The predicted octanol–water partition coefficient (Wildman–Crippen LogP) is 4.77. The topological polar surface area (TPSA) is 108 Å². The van der Waals surface area contributed by atoms with Gasteiger partial charge in [0.05, 0.1) is 42.8 Å². The number of pyridine rings is 1. The average Bonchev–Trinajstić information content (AvgIpc) is 3.06. The Kier molecular flexibility index (Phi) is 8.81. The normalized spacial score (nSPS) is 14.7. The van der Waals surface area contributed by atoms with Crippen molar-refractivity contribution in [2.75, 3.05) is 26.2 Å². The van der Waals surface area contributed by atoms with Crippen LogP contribution in [0.5, 0.6) is 5.75 Å². The lowest BCUT2D eigenvalue weighted by Crippen LogP contribution is -2.57. The molecule has 12 heteroatoms. The highest BCUT2D eigenvalue weighted by Crippen LogP contribution is 2.36. The van der Waals surface area contributed by atoms with Gasteiger partial charge in [-0.25, -0.2) is 18.9 Å². The molecule has 0 bridgehead atoms. The summed E-state index contributed by atoms with van der Waals surface area (Å²) in [6, 6.07) is 1.44. The second-order valence-corrected chi connectivity index (χ2v) is 17.2. The number of hydrogen-bond acceptors (Lipinski definition) is 7. The summed E-state index contributed by atoms with van der Waals surface area (Å²) in [6.07, 6.45) is 0.249. The van der Waals surface area contributed by atoms with Gasteiger partial charge in [-0.3, -0.25) is 4.79 Å². The number of aryl methyl sites for hydroxylation is 1. The maximum atomic E-state index is 14.5. The Morgan fingerprint density at radius 3 is 2.38 bits per heavy atom. The molecule has 2 amide bonds. The van der Waals surface area contributed by atoms with Crippen molar-refractivity contribution in [3.8, 4) is 11.6 Å². The van der Waals surface area contributed by atoms with E-state index in [0.717, 1.165) is 6.20 Å². The lowest BCUT2D eigenvalue weighted by atomic mass is 10.1. The van der Waals surface area contributed by atoms with E-state index in [0.29, 0.717) is 35.9 Å². The summed E-state index contributed by atoms with van der Waals surface area (Å²) in [5.74, 6) is -0.577. The summed E-state index contributed by atoms with van der Waals surface area (Å²) < 4.78 is 33.3. The maximum Gasteiger partial charge on any atom is 0.410 e. The fourth-order valence-corrected chi connectivity index (χ4v) is 4.80. The number of carbonyl (C=O) groups is 2. The first-order valence-electron chi connectivity index (χ1n) is 13.2. The van der Waals surface area contributed by atoms with E-state index in [1.807, 2.05) is 0 Å². The Balaban J connectivity index is 1.64. The van der Waals surface area contributed by atoms with E-state index >= 15 is 0 Å². The highest BCUT2D eigenvalue weighted by atomic mass is 28.4. The number of nitrogens with one attached hydrogen (secondary N) is 1. The van der Waals surface area contributed by atoms with Gasteiger partial charge in [-0.2, -0.15) is 5.10 Å². The molecule has 0 aliphatic carbocycles. The molecule has 3 rings (SSSR count). The lowest BCUT2D eigenvalue weighted by Gasteiger charge is -2.39. The van der Waals surface area contributed by atoms with Crippen LogP contribution < -0.4 is 10.1 Å². The molecule has 216 valence electrons. The Labute approximate surface area is 231 Å². The molecule has 1 saturated heterocycles. The van der Waals surface area contributed by atoms with Crippen molar-refractivity contribution < 1.29 is 27.9 Å². The number of carbonyl (C=O) groups excluding carboxylic acids is 2. The number of halogens is 1. The second-order valence-electron chi connectivity index (χ2n) is 12.4. The van der Waals surface area contributed by atoms with Crippen molar-refractivity contribution in [3.05, 3.63) is 35.0 Å². The zero-order valence-electron chi connectivity index (χ0n) is 24.8. The third-order valence-corrected chi connectivity index (χ3v) is 11.5. The first kappa shape index (κ1) is 30.5. The van der Waals surface area contributed by atoms with Gasteiger partial charge in [-0.15, -0.1) is 0 Å². The third-order valence-electron chi connectivity index (χ3n) is 6.99. The number of aromatic nitrogens is 3. The van der Waals surface area contributed by atoms with Gasteiger partial charge in [0.1, 0.15) is 11.7 Å². The molecule has 10 nitrogen and oxygen atoms in total. The van der Waals surface area contributed by atoms with Gasteiger partial charge in [-0.1, -0.05) is 20.8 Å². The van der Waals surface area contributed by atoms with Gasteiger partial charge in [0.15, 0.2) is 25.7 Å². The quantitative estimate of drug-likeness (QED) is 0.364. The number of likely N-dealkylation sites (tertiary alicyclic amines) is 1. The summed E-state index contributed by atoms with van der Waals surface area (Å²) in [5, 5.41) is 7.48.